The minimum Gasteiger partial charge on any atom is -0.462 e. The van der Waals surface area contributed by atoms with E-state index >= 15 is 0 Å². The van der Waals surface area contributed by atoms with Crippen molar-refractivity contribution in [2.45, 2.75) is 252 Å². The lowest BCUT2D eigenvalue weighted by Crippen LogP contribution is -2.30. The van der Waals surface area contributed by atoms with Crippen molar-refractivity contribution in [2.75, 3.05) is 13.2 Å². The summed E-state index contributed by atoms with van der Waals surface area (Å²) < 4.78 is 16.8. The first-order valence-corrected chi connectivity index (χ1v) is 29.2. The molecule has 0 aromatic carbocycles. The lowest BCUT2D eigenvalue weighted by atomic mass is 10.0. The summed E-state index contributed by atoms with van der Waals surface area (Å²) in [5.41, 5.74) is 0. The Kier molecular flexibility index (Phi) is 55.5. The molecule has 0 aliphatic heterocycles. The molecule has 6 heteroatoms. The molecule has 0 rings (SSSR count). The second-order valence-electron chi connectivity index (χ2n) is 18.8. The zero-order valence-electron chi connectivity index (χ0n) is 46.4. The van der Waals surface area contributed by atoms with Crippen molar-refractivity contribution in [3.63, 3.8) is 0 Å². The van der Waals surface area contributed by atoms with Gasteiger partial charge in [-0.25, -0.2) is 0 Å². The predicted molar refractivity (Wildman–Crippen MR) is 311 cm³/mol. The number of rotatable bonds is 51. The summed E-state index contributed by atoms with van der Waals surface area (Å²) in [6.45, 7) is 6.32. The van der Waals surface area contributed by atoms with Gasteiger partial charge in [-0.05, 0) is 103 Å². The first kappa shape index (κ1) is 67.5. The van der Waals surface area contributed by atoms with Gasteiger partial charge in [0.05, 0.1) is 0 Å². The minimum atomic E-state index is -0.830. The van der Waals surface area contributed by atoms with Crippen molar-refractivity contribution in [3.05, 3.63) is 134 Å². The molecule has 0 fully saturated rings. The van der Waals surface area contributed by atoms with E-state index in [1.165, 1.54) is 83.5 Å². The van der Waals surface area contributed by atoms with Gasteiger partial charge in [0.2, 0.25) is 0 Å². The average Bonchev–Trinajstić information content (AvgIpc) is 3.38. The van der Waals surface area contributed by atoms with Gasteiger partial charge in [-0.2, -0.15) is 0 Å². The number of allylic oxidation sites excluding steroid dienone is 22. The Morgan fingerprint density at radius 3 is 0.931 bits per heavy atom. The number of unbranched alkanes of at least 4 members (excludes halogenated alkanes) is 18. The predicted octanol–water partition coefficient (Wildman–Crippen LogP) is 19.8. The third-order valence-corrected chi connectivity index (χ3v) is 11.9. The van der Waals surface area contributed by atoms with E-state index in [0.29, 0.717) is 19.3 Å². The molecule has 0 N–H and O–H groups in total. The molecule has 1 unspecified atom stereocenters. The second-order valence-corrected chi connectivity index (χ2v) is 18.8. The summed E-state index contributed by atoms with van der Waals surface area (Å²) in [7, 11) is 0. The van der Waals surface area contributed by atoms with Gasteiger partial charge in [-0.3, -0.25) is 14.4 Å². The lowest BCUT2D eigenvalue weighted by molar-refractivity contribution is -0.166. The zero-order valence-corrected chi connectivity index (χ0v) is 46.4. The standard InChI is InChI=1S/C66H106O6/c1-4-7-10-13-16-19-22-25-28-31-33-35-38-41-44-47-50-53-56-59-65(68)71-62-63(61-70-64(67)58-55-52-49-46-43-40-37-30-27-24-21-18-15-12-9-6-3)72-66(69)60-57-54-51-48-45-42-39-36-34-32-29-26-23-20-17-14-11-8-5-2/h7-8,10-11,16-17,19-20,25-26,28-29,33-36,41-42,44-45,50,53,63H,4-6,9,12-15,18,21-24,27,30-32,37-40,43,46-49,51-52,54-62H2,1-3H3/b10-7-,11-8-,19-16-,20-17-,28-25-,29-26-,35-33-,36-34-,44-41-,45-42-,53-50-. The Morgan fingerprint density at radius 1 is 0.292 bits per heavy atom. The van der Waals surface area contributed by atoms with Crippen LogP contribution in [-0.2, 0) is 28.6 Å². The summed E-state index contributed by atoms with van der Waals surface area (Å²) in [6.07, 6.45) is 83.1. The fourth-order valence-electron chi connectivity index (χ4n) is 7.61. The van der Waals surface area contributed by atoms with Gasteiger partial charge in [0.1, 0.15) is 13.2 Å². The number of ether oxygens (including phenoxy) is 3. The molecule has 0 heterocycles. The molecular weight excluding hydrogens is 889 g/mol. The van der Waals surface area contributed by atoms with E-state index in [9.17, 15) is 14.4 Å². The van der Waals surface area contributed by atoms with Crippen LogP contribution in [0.2, 0.25) is 0 Å². The van der Waals surface area contributed by atoms with Crippen LogP contribution in [0.1, 0.15) is 245 Å². The van der Waals surface area contributed by atoms with Gasteiger partial charge in [-0.15, -0.1) is 0 Å². The highest BCUT2D eigenvalue weighted by Crippen LogP contribution is 2.15. The number of esters is 3. The quantitative estimate of drug-likeness (QED) is 0.0261. The molecule has 0 spiro atoms. The molecule has 0 aromatic rings. The van der Waals surface area contributed by atoms with Crippen molar-refractivity contribution >= 4 is 17.9 Å². The van der Waals surface area contributed by atoms with Gasteiger partial charge in [0.15, 0.2) is 6.10 Å². The minimum absolute atomic E-state index is 0.117. The fourth-order valence-corrected chi connectivity index (χ4v) is 7.61. The molecule has 1 atom stereocenters. The average molecular weight is 996 g/mol. The van der Waals surface area contributed by atoms with Crippen LogP contribution < -0.4 is 0 Å². The molecule has 0 aliphatic rings. The maximum atomic E-state index is 12.9. The van der Waals surface area contributed by atoms with Crippen LogP contribution in [0.25, 0.3) is 0 Å². The summed E-state index contributed by atoms with van der Waals surface area (Å²) >= 11 is 0. The van der Waals surface area contributed by atoms with Gasteiger partial charge >= 0.3 is 17.9 Å². The van der Waals surface area contributed by atoms with E-state index in [1.807, 2.05) is 6.08 Å². The van der Waals surface area contributed by atoms with Crippen molar-refractivity contribution in [1.82, 2.24) is 0 Å². The van der Waals surface area contributed by atoms with E-state index in [4.69, 9.17) is 14.2 Å². The summed E-state index contributed by atoms with van der Waals surface area (Å²) in [6, 6.07) is 0. The Labute approximate surface area is 443 Å². The Hall–Kier alpha value is -4.45. The largest absolute Gasteiger partial charge is 0.462 e. The molecule has 6 nitrogen and oxygen atoms in total. The van der Waals surface area contributed by atoms with Gasteiger partial charge in [0, 0.05) is 19.3 Å². The molecule has 0 amide bonds. The van der Waals surface area contributed by atoms with Gasteiger partial charge < -0.3 is 14.2 Å². The van der Waals surface area contributed by atoms with E-state index in [2.05, 4.69) is 148 Å². The van der Waals surface area contributed by atoms with Crippen LogP contribution in [0, 0.1) is 0 Å². The third kappa shape index (κ3) is 56.5. The Bertz CT molecular complexity index is 1560. The molecule has 0 aromatic heterocycles. The first-order valence-electron chi connectivity index (χ1n) is 29.2. The van der Waals surface area contributed by atoms with Crippen LogP contribution in [-0.4, -0.2) is 37.2 Å². The van der Waals surface area contributed by atoms with Gasteiger partial charge in [0.25, 0.3) is 0 Å². The summed E-state index contributed by atoms with van der Waals surface area (Å²) in [5, 5.41) is 0. The maximum absolute atomic E-state index is 12.9. The molecular formula is C66H106O6. The molecule has 72 heavy (non-hydrogen) atoms. The molecule has 0 bridgehead atoms. The van der Waals surface area contributed by atoms with E-state index in [-0.39, 0.29) is 44.0 Å². The molecule has 406 valence electrons. The number of hydrogen-bond acceptors (Lipinski definition) is 6. The van der Waals surface area contributed by atoms with E-state index in [0.717, 1.165) is 109 Å². The molecule has 0 saturated heterocycles. The topological polar surface area (TPSA) is 78.9 Å². The monoisotopic (exact) mass is 995 g/mol. The highest BCUT2D eigenvalue weighted by atomic mass is 16.6. The zero-order chi connectivity index (χ0) is 52.2. The summed E-state index contributed by atoms with van der Waals surface area (Å²) in [4.78, 5) is 38.2. The van der Waals surface area contributed by atoms with E-state index < -0.39 is 6.10 Å². The van der Waals surface area contributed by atoms with Crippen molar-refractivity contribution < 1.29 is 28.6 Å². The van der Waals surface area contributed by atoms with Crippen LogP contribution in [0.4, 0.5) is 0 Å². The van der Waals surface area contributed by atoms with Crippen molar-refractivity contribution in [1.29, 1.82) is 0 Å². The second kappa shape index (κ2) is 59.1. The highest BCUT2D eigenvalue weighted by Gasteiger charge is 2.19. The lowest BCUT2D eigenvalue weighted by Gasteiger charge is -2.18. The normalized spacial score (nSPS) is 13.1. The first-order chi connectivity index (χ1) is 35.5. The molecule has 0 saturated carbocycles. The Balaban J connectivity index is 4.58. The number of carbonyl (C=O) groups is 3. The number of hydrogen-bond donors (Lipinski definition) is 0. The smallest absolute Gasteiger partial charge is 0.306 e. The van der Waals surface area contributed by atoms with Gasteiger partial charge in [-0.1, -0.05) is 257 Å². The van der Waals surface area contributed by atoms with Crippen LogP contribution >= 0.6 is 0 Å². The SMILES string of the molecule is CC/C=C\C/C=C\C/C=C\C/C=C\C/C=C\C/C=C\CCC(=O)OCC(COC(=O)CCCCCCCCCCCCCCCCCC)OC(=O)CCCCC/C=C\C/C=C\C/C=C\C/C=C\C/C=C\CC. The molecule has 0 aliphatic carbocycles. The highest BCUT2D eigenvalue weighted by molar-refractivity contribution is 5.71. The van der Waals surface area contributed by atoms with Crippen LogP contribution in [0.3, 0.4) is 0 Å². The Morgan fingerprint density at radius 2 is 0.569 bits per heavy atom. The van der Waals surface area contributed by atoms with E-state index in [1.54, 1.807) is 0 Å². The van der Waals surface area contributed by atoms with Crippen molar-refractivity contribution in [2.24, 2.45) is 0 Å². The maximum Gasteiger partial charge on any atom is 0.306 e. The van der Waals surface area contributed by atoms with Crippen LogP contribution in [0.5, 0.6) is 0 Å². The number of carbonyl (C=O) groups excluding carboxylic acids is 3. The fraction of sp³-hybridized carbons (Fsp3) is 0.621. The molecule has 0 radical (unpaired) electrons. The third-order valence-electron chi connectivity index (χ3n) is 11.9. The van der Waals surface area contributed by atoms with Crippen molar-refractivity contribution in [3.8, 4) is 0 Å². The summed E-state index contributed by atoms with van der Waals surface area (Å²) in [5.74, 6) is -1.04. The van der Waals surface area contributed by atoms with Crippen LogP contribution in [0.15, 0.2) is 134 Å².